The van der Waals surface area contributed by atoms with Gasteiger partial charge in [-0.05, 0) is 30.3 Å². The van der Waals surface area contributed by atoms with Gasteiger partial charge in [0, 0.05) is 5.02 Å². The van der Waals surface area contributed by atoms with Crippen LogP contribution < -0.4 is 4.47 Å². The van der Waals surface area contributed by atoms with E-state index in [1.165, 1.54) is 24.3 Å². The molecule has 0 spiro atoms. The highest BCUT2D eigenvalue weighted by Crippen LogP contribution is 2.33. The summed E-state index contributed by atoms with van der Waals surface area (Å²) >= 11 is 12.1. The zero-order valence-electron chi connectivity index (χ0n) is 11.9. The Balaban J connectivity index is 2.02. The molecule has 2 aromatic carbocycles. The van der Waals surface area contributed by atoms with Crippen LogP contribution in [-0.4, -0.2) is 27.7 Å². The van der Waals surface area contributed by atoms with Gasteiger partial charge in [-0.1, -0.05) is 41.4 Å². The van der Waals surface area contributed by atoms with E-state index >= 15 is 0 Å². The highest BCUT2D eigenvalue weighted by molar-refractivity contribution is 7.92. The molecule has 0 aromatic heterocycles. The molecule has 2 aromatic rings. The third-order valence-corrected chi connectivity index (χ3v) is 5.31. The number of hydrogen-bond donors (Lipinski definition) is 0. The molecule has 1 aliphatic heterocycles. The Labute approximate surface area is 144 Å². The summed E-state index contributed by atoms with van der Waals surface area (Å²) in [6.45, 7) is 0.650. The molecule has 0 N–H and O–H groups in total. The molecule has 0 aliphatic carbocycles. The number of rotatable bonds is 6. The van der Waals surface area contributed by atoms with Crippen LogP contribution in [0.5, 0.6) is 0 Å². The van der Waals surface area contributed by atoms with Crippen molar-refractivity contribution >= 4 is 38.9 Å². The lowest BCUT2D eigenvalue weighted by atomic mass is 10.3. The first kappa shape index (κ1) is 16.5. The second-order valence-corrected chi connectivity index (χ2v) is 7.49. The first-order valence-corrected chi connectivity index (χ1v) is 8.98. The van der Waals surface area contributed by atoms with Crippen molar-refractivity contribution in [2.24, 2.45) is 0 Å². The second-order valence-electron chi connectivity index (χ2n) is 4.89. The minimum Gasteiger partial charge on any atom is -0.371 e. The number of halogens is 2. The molecule has 1 heterocycles. The fourth-order valence-electron chi connectivity index (χ4n) is 1.90. The van der Waals surface area contributed by atoms with Crippen molar-refractivity contribution in [2.45, 2.75) is 11.0 Å². The van der Waals surface area contributed by atoms with Gasteiger partial charge in [-0.25, -0.2) is 0 Å². The Morgan fingerprint density at radius 1 is 1.17 bits per heavy atom. The van der Waals surface area contributed by atoms with E-state index in [4.69, 9.17) is 32.8 Å². The van der Waals surface area contributed by atoms with Gasteiger partial charge in [-0.15, -0.1) is 4.47 Å². The van der Waals surface area contributed by atoms with Crippen LogP contribution in [-0.2, 0) is 19.6 Å². The van der Waals surface area contributed by atoms with E-state index in [1.54, 1.807) is 24.3 Å². The Bertz CT molecular complexity index is 794. The standard InChI is InChI=1S/C15H13Cl2NO4S/c16-11-6-7-14(17)15(8-11)18(22-10-12-9-21-12)23(19,20)13-4-2-1-3-5-13/h1-8,12H,9-10H2. The summed E-state index contributed by atoms with van der Waals surface area (Å²) in [5, 5.41) is 0.564. The topological polar surface area (TPSA) is 59.1 Å². The minimum absolute atomic E-state index is 0.0905. The first-order chi connectivity index (χ1) is 11.0. The second kappa shape index (κ2) is 6.67. The van der Waals surface area contributed by atoms with E-state index in [9.17, 15) is 8.42 Å². The molecule has 3 rings (SSSR count). The van der Waals surface area contributed by atoms with E-state index in [2.05, 4.69) is 0 Å². The summed E-state index contributed by atoms with van der Waals surface area (Å²) in [4.78, 5) is 5.57. The van der Waals surface area contributed by atoms with Crippen LogP contribution in [0.4, 0.5) is 5.69 Å². The summed E-state index contributed by atoms with van der Waals surface area (Å²) in [6, 6.07) is 12.5. The number of hydrogen-bond acceptors (Lipinski definition) is 4. The summed E-state index contributed by atoms with van der Waals surface area (Å²) in [5.41, 5.74) is 0.156. The third-order valence-electron chi connectivity index (χ3n) is 3.14. The summed E-state index contributed by atoms with van der Waals surface area (Å²) in [6.07, 6.45) is -0.110. The van der Waals surface area contributed by atoms with Crippen LogP contribution in [0.3, 0.4) is 0 Å². The molecule has 8 heteroatoms. The third kappa shape index (κ3) is 3.79. The minimum atomic E-state index is -3.95. The summed E-state index contributed by atoms with van der Waals surface area (Å²) < 4.78 is 31.6. The van der Waals surface area contributed by atoms with Crippen molar-refractivity contribution in [2.75, 3.05) is 17.7 Å². The first-order valence-electron chi connectivity index (χ1n) is 6.78. The van der Waals surface area contributed by atoms with Crippen molar-refractivity contribution in [3.8, 4) is 0 Å². The molecule has 1 fully saturated rings. The van der Waals surface area contributed by atoms with Crippen LogP contribution in [0.25, 0.3) is 0 Å². The summed E-state index contributed by atoms with van der Waals surface area (Å²) in [7, 11) is -3.95. The molecule has 122 valence electrons. The van der Waals surface area contributed by atoms with Crippen molar-refractivity contribution in [3.05, 3.63) is 58.6 Å². The molecule has 1 atom stereocenters. The maximum atomic E-state index is 12.9. The van der Waals surface area contributed by atoms with Gasteiger partial charge in [-0.2, -0.15) is 8.42 Å². The molecule has 1 aliphatic rings. The van der Waals surface area contributed by atoms with Gasteiger partial charge in [-0.3, -0.25) is 4.84 Å². The average molecular weight is 374 g/mol. The molecule has 0 saturated carbocycles. The van der Waals surface area contributed by atoms with E-state index in [1.807, 2.05) is 0 Å². The van der Waals surface area contributed by atoms with Gasteiger partial charge >= 0.3 is 0 Å². The molecular weight excluding hydrogens is 361 g/mol. The quantitative estimate of drug-likeness (QED) is 0.574. The Kier molecular flexibility index (Phi) is 4.79. The Morgan fingerprint density at radius 3 is 2.52 bits per heavy atom. The number of sulfonamides is 1. The van der Waals surface area contributed by atoms with Gasteiger partial charge in [0.15, 0.2) is 0 Å². The molecule has 0 amide bonds. The molecule has 1 unspecified atom stereocenters. The number of anilines is 1. The van der Waals surface area contributed by atoms with E-state index < -0.39 is 10.0 Å². The molecule has 23 heavy (non-hydrogen) atoms. The SMILES string of the molecule is O=S(=O)(c1ccccc1)N(OCC1CO1)c1cc(Cl)ccc1Cl. The number of epoxide rings is 1. The van der Waals surface area contributed by atoms with Crippen LogP contribution >= 0.6 is 23.2 Å². The fourth-order valence-corrected chi connectivity index (χ4v) is 3.61. The van der Waals surface area contributed by atoms with Gasteiger partial charge < -0.3 is 4.74 Å². The lowest BCUT2D eigenvalue weighted by Crippen LogP contribution is -2.33. The predicted octanol–water partition coefficient (Wildman–Crippen LogP) is 3.52. The van der Waals surface area contributed by atoms with Crippen LogP contribution in [0, 0.1) is 0 Å². The zero-order chi connectivity index (χ0) is 16.4. The fraction of sp³-hybridized carbons (Fsp3) is 0.200. The Hall–Kier alpha value is -1.31. The van der Waals surface area contributed by atoms with E-state index in [0.29, 0.717) is 11.6 Å². The van der Waals surface area contributed by atoms with Crippen LogP contribution in [0.15, 0.2) is 53.4 Å². The maximum absolute atomic E-state index is 12.9. The summed E-state index contributed by atoms with van der Waals surface area (Å²) in [5.74, 6) is 0. The van der Waals surface area contributed by atoms with Crippen molar-refractivity contribution < 1.29 is 18.0 Å². The van der Waals surface area contributed by atoms with Gasteiger partial charge in [0.1, 0.15) is 18.4 Å². The van der Waals surface area contributed by atoms with Gasteiger partial charge in [0.05, 0.1) is 16.5 Å². The molecular formula is C15H13Cl2NO4S. The Morgan fingerprint density at radius 2 is 1.87 bits per heavy atom. The number of benzene rings is 2. The number of ether oxygens (including phenoxy) is 1. The predicted molar refractivity (Wildman–Crippen MR) is 88.3 cm³/mol. The van der Waals surface area contributed by atoms with Crippen molar-refractivity contribution in [3.63, 3.8) is 0 Å². The van der Waals surface area contributed by atoms with Gasteiger partial charge in [0.2, 0.25) is 0 Å². The smallest absolute Gasteiger partial charge is 0.286 e. The van der Waals surface area contributed by atoms with E-state index in [0.717, 1.165) is 4.47 Å². The highest BCUT2D eigenvalue weighted by atomic mass is 35.5. The molecule has 1 saturated heterocycles. The highest BCUT2D eigenvalue weighted by Gasteiger charge is 2.31. The molecule has 5 nitrogen and oxygen atoms in total. The average Bonchev–Trinajstić information content (AvgIpc) is 3.36. The number of nitrogens with zero attached hydrogens (tertiary/aromatic N) is 1. The maximum Gasteiger partial charge on any atom is 0.286 e. The molecule has 0 radical (unpaired) electrons. The van der Waals surface area contributed by atoms with Crippen LogP contribution in [0.2, 0.25) is 10.0 Å². The monoisotopic (exact) mass is 373 g/mol. The van der Waals surface area contributed by atoms with Crippen molar-refractivity contribution in [1.82, 2.24) is 0 Å². The van der Waals surface area contributed by atoms with Crippen molar-refractivity contribution in [1.29, 1.82) is 0 Å². The lowest BCUT2D eigenvalue weighted by Gasteiger charge is -2.24. The normalized spacial score (nSPS) is 17.0. The lowest BCUT2D eigenvalue weighted by molar-refractivity contribution is 0.129. The van der Waals surface area contributed by atoms with Gasteiger partial charge in [0.25, 0.3) is 10.0 Å². The largest absolute Gasteiger partial charge is 0.371 e. The van der Waals surface area contributed by atoms with E-state index in [-0.39, 0.29) is 28.3 Å². The molecule has 0 bridgehead atoms. The van der Waals surface area contributed by atoms with Crippen LogP contribution in [0.1, 0.15) is 0 Å². The zero-order valence-corrected chi connectivity index (χ0v) is 14.2.